The number of esters is 1. The summed E-state index contributed by atoms with van der Waals surface area (Å²) in [6, 6.07) is 9.11. The lowest BCUT2D eigenvalue weighted by molar-refractivity contribution is 0.0535. The molecule has 0 amide bonds. The molecule has 1 saturated heterocycles. The largest absolute Gasteiger partial charge is 0.477 e. The number of carbonyl (C=O) groups excluding carboxylic acids is 1. The molecule has 0 radical (unpaired) electrons. The van der Waals surface area contributed by atoms with Gasteiger partial charge in [0.15, 0.2) is 0 Å². The third kappa shape index (κ3) is 3.32. The van der Waals surface area contributed by atoms with Crippen LogP contribution in [0, 0.1) is 36.0 Å². The first-order valence-corrected chi connectivity index (χ1v) is 10.2. The van der Waals surface area contributed by atoms with E-state index in [-0.39, 0.29) is 5.97 Å². The van der Waals surface area contributed by atoms with Gasteiger partial charge in [-0.1, -0.05) is 6.07 Å². The molecule has 3 aliphatic rings. The van der Waals surface area contributed by atoms with Gasteiger partial charge in [-0.2, -0.15) is 5.26 Å². The number of hydrogen-bond acceptors (Lipinski definition) is 7. The summed E-state index contributed by atoms with van der Waals surface area (Å²) in [4.78, 5) is 18.2. The SMILES string of the molecule is Cc1c([C@@H](O)CN2CC3C(COc4ccc(C#N)cn4)C3C2)ccc2c1COC2=O. The van der Waals surface area contributed by atoms with Gasteiger partial charge in [0, 0.05) is 43.4 Å². The molecule has 2 aromatic rings. The number of nitriles is 1. The summed E-state index contributed by atoms with van der Waals surface area (Å²) in [5, 5.41) is 19.6. The van der Waals surface area contributed by atoms with Gasteiger partial charge in [0.05, 0.1) is 23.8 Å². The lowest BCUT2D eigenvalue weighted by atomic mass is 9.95. The molecule has 2 unspecified atom stereocenters. The van der Waals surface area contributed by atoms with Crippen molar-refractivity contribution in [3.05, 3.63) is 58.3 Å². The van der Waals surface area contributed by atoms with Crippen molar-refractivity contribution in [2.75, 3.05) is 26.2 Å². The van der Waals surface area contributed by atoms with Gasteiger partial charge in [-0.05, 0) is 42.0 Å². The molecule has 2 fully saturated rings. The summed E-state index contributed by atoms with van der Waals surface area (Å²) in [7, 11) is 0. The Bertz CT molecular complexity index is 1020. The number of pyridine rings is 1. The van der Waals surface area contributed by atoms with Crippen LogP contribution in [0.4, 0.5) is 0 Å². The van der Waals surface area contributed by atoms with Gasteiger partial charge in [-0.25, -0.2) is 9.78 Å². The predicted octanol–water partition coefficient (Wildman–Crippen LogP) is 2.22. The van der Waals surface area contributed by atoms with Gasteiger partial charge in [0.2, 0.25) is 5.88 Å². The molecule has 5 rings (SSSR count). The molecule has 7 heteroatoms. The molecule has 1 aliphatic carbocycles. The highest BCUT2D eigenvalue weighted by Crippen LogP contribution is 2.52. The Hall–Kier alpha value is -2.95. The molecule has 1 saturated carbocycles. The maximum absolute atomic E-state index is 11.7. The lowest BCUT2D eigenvalue weighted by Crippen LogP contribution is -2.30. The minimum Gasteiger partial charge on any atom is -0.477 e. The molecule has 0 spiro atoms. The van der Waals surface area contributed by atoms with E-state index >= 15 is 0 Å². The number of hydrogen-bond donors (Lipinski definition) is 1. The summed E-state index contributed by atoms with van der Waals surface area (Å²) in [5.41, 5.74) is 3.87. The van der Waals surface area contributed by atoms with E-state index in [1.807, 2.05) is 19.1 Å². The van der Waals surface area contributed by atoms with Crippen LogP contribution >= 0.6 is 0 Å². The van der Waals surface area contributed by atoms with Crippen LogP contribution in [0.15, 0.2) is 30.5 Å². The number of ether oxygens (including phenoxy) is 2. The van der Waals surface area contributed by atoms with Crippen LogP contribution < -0.4 is 4.74 Å². The van der Waals surface area contributed by atoms with Gasteiger partial charge >= 0.3 is 5.97 Å². The number of aliphatic hydroxyl groups is 1. The zero-order valence-corrected chi connectivity index (χ0v) is 16.7. The van der Waals surface area contributed by atoms with E-state index in [1.165, 1.54) is 6.20 Å². The van der Waals surface area contributed by atoms with Gasteiger partial charge in [0.1, 0.15) is 12.7 Å². The maximum atomic E-state index is 11.7. The van der Waals surface area contributed by atoms with Crippen LogP contribution in [0.1, 0.15) is 38.7 Å². The second kappa shape index (κ2) is 7.38. The average Bonchev–Trinajstić information content (AvgIpc) is 3.04. The van der Waals surface area contributed by atoms with Crippen molar-refractivity contribution >= 4 is 5.97 Å². The van der Waals surface area contributed by atoms with Crippen molar-refractivity contribution in [1.82, 2.24) is 9.88 Å². The molecule has 154 valence electrons. The van der Waals surface area contributed by atoms with Crippen LogP contribution in [-0.2, 0) is 11.3 Å². The number of likely N-dealkylation sites (tertiary alicyclic amines) is 1. The molecule has 2 aliphatic heterocycles. The van der Waals surface area contributed by atoms with Crippen molar-refractivity contribution in [2.45, 2.75) is 19.6 Å². The Morgan fingerprint density at radius 2 is 2.13 bits per heavy atom. The number of fused-ring (bicyclic) bond motifs is 2. The highest BCUT2D eigenvalue weighted by Gasteiger charge is 2.55. The van der Waals surface area contributed by atoms with E-state index in [9.17, 15) is 9.90 Å². The molecular weight excluding hydrogens is 382 g/mol. The van der Waals surface area contributed by atoms with Gasteiger partial charge in [0.25, 0.3) is 0 Å². The van der Waals surface area contributed by atoms with Crippen LogP contribution in [-0.4, -0.2) is 47.2 Å². The summed E-state index contributed by atoms with van der Waals surface area (Å²) < 4.78 is 10.9. The Labute approximate surface area is 174 Å². The number of piperidine rings is 1. The minimum atomic E-state index is -0.582. The number of benzene rings is 1. The summed E-state index contributed by atoms with van der Waals surface area (Å²) in [6.45, 7) is 5.40. The first kappa shape index (κ1) is 19.0. The van der Waals surface area contributed by atoms with Crippen molar-refractivity contribution in [3.8, 4) is 11.9 Å². The van der Waals surface area contributed by atoms with E-state index in [4.69, 9.17) is 14.7 Å². The van der Waals surface area contributed by atoms with Crippen molar-refractivity contribution in [3.63, 3.8) is 0 Å². The normalized spacial score (nSPS) is 25.2. The van der Waals surface area contributed by atoms with E-state index in [0.717, 1.165) is 29.8 Å². The van der Waals surface area contributed by atoms with Crippen LogP contribution in [0.25, 0.3) is 0 Å². The molecule has 1 aromatic heterocycles. The van der Waals surface area contributed by atoms with E-state index in [2.05, 4.69) is 9.88 Å². The average molecular weight is 405 g/mol. The van der Waals surface area contributed by atoms with Gasteiger partial charge in [-0.15, -0.1) is 0 Å². The first-order valence-electron chi connectivity index (χ1n) is 10.2. The fourth-order valence-corrected chi connectivity index (χ4v) is 4.92. The monoisotopic (exact) mass is 405 g/mol. The standard InChI is InChI=1S/C23H23N3O4/c1-13-15(3-4-16-19(13)11-30-23(16)28)21(27)10-26-8-17-18(9-26)20(17)12-29-22-5-2-14(6-24)7-25-22/h2-5,7,17-18,20-21,27H,8-12H2,1H3/t17?,18?,20?,21-/m0/s1. The second-order valence-corrected chi connectivity index (χ2v) is 8.42. The van der Waals surface area contributed by atoms with Crippen LogP contribution in [0.3, 0.4) is 0 Å². The first-order chi connectivity index (χ1) is 14.5. The van der Waals surface area contributed by atoms with E-state index in [0.29, 0.717) is 54.5 Å². The quantitative estimate of drug-likeness (QED) is 0.736. The number of aliphatic hydroxyl groups excluding tert-OH is 1. The molecule has 1 aromatic carbocycles. The third-order valence-electron chi connectivity index (χ3n) is 6.73. The molecule has 30 heavy (non-hydrogen) atoms. The van der Waals surface area contributed by atoms with Crippen molar-refractivity contribution in [2.24, 2.45) is 17.8 Å². The van der Waals surface area contributed by atoms with Crippen LogP contribution in [0.5, 0.6) is 5.88 Å². The Balaban J connectivity index is 1.13. The highest BCUT2D eigenvalue weighted by atomic mass is 16.5. The Morgan fingerprint density at radius 1 is 1.33 bits per heavy atom. The number of carbonyl (C=O) groups is 1. The minimum absolute atomic E-state index is 0.279. The molecular formula is C23H23N3O4. The van der Waals surface area contributed by atoms with Crippen molar-refractivity contribution < 1.29 is 19.4 Å². The number of aromatic nitrogens is 1. The third-order valence-corrected chi connectivity index (χ3v) is 6.73. The smallest absolute Gasteiger partial charge is 0.338 e. The Kier molecular flexibility index (Phi) is 4.69. The zero-order chi connectivity index (χ0) is 20.8. The van der Waals surface area contributed by atoms with Crippen molar-refractivity contribution in [1.29, 1.82) is 5.26 Å². The number of rotatable bonds is 6. The van der Waals surface area contributed by atoms with E-state index < -0.39 is 6.10 Å². The molecule has 0 bridgehead atoms. The number of cyclic esters (lactones) is 1. The Morgan fingerprint density at radius 3 is 2.83 bits per heavy atom. The molecule has 7 nitrogen and oxygen atoms in total. The molecule has 3 atom stereocenters. The fourth-order valence-electron chi connectivity index (χ4n) is 4.92. The highest BCUT2D eigenvalue weighted by molar-refractivity contribution is 5.93. The second-order valence-electron chi connectivity index (χ2n) is 8.42. The van der Waals surface area contributed by atoms with Gasteiger partial charge < -0.3 is 14.6 Å². The molecule has 3 heterocycles. The fraction of sp³-hybridized carbons (Fsp3) is 0.435. The van der Waals surface area contributed by atoms with Gasteiger partial charge in [-0.3, -0.25) is 4.90 Å². The summed E-state index contributed by atoms with van der Waals surface area (Å²) >= 11 is 0. The number of nitrogens with zero attached hydrogens (tertiary/aromatic N) is 3. The number of β-amino-alcohol motifs (C(OH)–C–C–N with tert-alkyl or cyclic N) is 1. The summed E-state index contributed by atoms with van der Waals surface area (Å²) in [5.74, 6) is 2.00. The zero-order valence-electron chi connectivity index (χ0n) is 16.7. The van der Waals surface area contributed by atoms with Crippen LogP contribution in [0.2, 0.25) is 0 Å². The topological polar surface area (TPSA) is 95.7 Å². The maximum Gasteiger partial charge on any atom is 0.338 e. The lowest BCUT2D eigenvalue weighted by Gasteiger charge is -2.24. The predicted molar refractivity (Wildman–Crippen MR) is 107 cm³/mol. The van der Waals surface area contributed by atoms with E-state index in [1.54, 1.807) is 18.2 Å². The summed E-state index contributed by atoms with van der Waals surface area (Å²) in [6.07, 6.45) is 0.941. The molecule has 1 N–H and O–H groups in total.